The zero-order chi connectivity index (χ0) is 16.7. The molecule has 1 amide bonds. The van der Waals surface area contributed by atoms with Crippen LogP contribution in [0.5, 0.6) is 0 Å². The third-order valence-corrected chi connectivity index (χ3v) is 3.48. The van der Waals surface area contributed by atoms with Gasteiger partial charge in [-0.25, -0.2) is 0 Å². The molecule has 6 N–H and O–H groups in total. The minimum absolute atomic E-state index is 0.190. The number of hydrazine groups is 1. The molecule has 120 valence electrons. The fourth-order valence-electron chi connectivity index (χ4n) is 2.31. The van der Waals surface area contributed by atoms with Crippen LogP contribution >= 0.6 is 0 Å². The number of amides is 1. The quantitative estimate of drug-likeness (QED) is 0.285. The summed E-state index contributed by atoms with van der Waals surface area (Å²) < 4.78 is 0. The lowest BCUT2D eigenvalue weighted by Gasteiger charge is -2.12. The van der Waals surface area contributed by atoms with Crippen LogP contribution in [0.3, 0.4) is 0 Å². The maximum Gasteiger partial charge on any atom is 0.255 e. The van der Waals surface area contributed by atoms with Crippen molar-refractivity contribution >= 4 is 23.0 Å². The van der Waals surface area contributed by atoms with Gasteiger partial charge in [0, 0.05) is 16.9 Å². The first-order valence-corrected chi connectivity index (χ1v) is 7.51. The lowest BCUT2D eigenvalue weighted by Crippen LogP contribution is -2.13. The summed E-state index contributed by atoms with van der Waals surface area (Å²) in [7, 11) is 0. The summed E-state index contributed by atoms with van der Waals surface area (Å²) in [6, 6.07) is 12.5. The highest BCUT2D eigenvalue weighted by Crippen LogP contribution is 2.22. The van der Waals surface area contributed by atoms with Crippen molar-refractivity contribution in [2.45, 2.75) is 19.8 Å². The van der Waals surface area contributed by atoms with Gasteiger partial charge in [0.05, 0.1) is 5.69 Å². The van der Waals surface area contributed by atoms with Crippen molar-refractivity contribution in [1.29, 1.82) is 0 Å². The molecule has 0 aliphatic carbocycles. The van der Waals surface area contributed by atoms with Crippen molar-refractivity contribution in [3.63, 3.8) is 0 Å². The van der Waals surface area contributed by atoms with Gasteiger partial charge in [0.2, 0.25) is 0 Å². The molecular weight excluding hydrogens is 288 g/mol. The second-order valence-electron chi connectivity index (χ2n) is 5.20. The van der Waals surface area contributed by atoms with Crippen LogP contribution in [0, 0.1) is 0 Å². The average Bonchev–Trinajstić information content (AvgIpc) is 2.55. The van der Waals surface area contributed by atoms with Crippen LogP contribution in [-0.4, -0.2) is 5.91 Å². The Hall–Kier alpha value is -2.79. The van der Waals surface area contributed by atoms with Crippen molar-refractivity contribution in [3.05, 3.63) is 65.7 Å². The SMILES string of the molecule is C/C=C\CCc1cc(NC(=O)c2cccc(N)c2)ccc1NN. The molecule has 0 bridgehead atoms. The Labute approximate surface area is 136 Å². The summed E-state index contributed by atoms with van der Waals surface area (Å²) in [6.45, 7) is 1.99. The standard InChI is InChI=1S/C18H22N4O/c1-2-3-4-6-13-12-16(9-10-17(13)22-20)21-18(23)14-7-5-8-15(19)11-14/h2-3,5,7-12,22H,4,6,19-20H2,1H3,(H,21,23)/b3-2-. The number of hydrogen-bond donors (Lipinski definition) is 4. The van der Waals surface area contributed by atoms with Crippen LogP contribution in [0.1, 0.15) is 29.3 Å². The first-order chi connectivity index (χ1) is 11.1. The maximum atomic E-state index is 12.3. The van der Waals surface area contributed by atoms with Crippen LogP contribution in [0.25, 0.3) is 0 Å². The molecule has 0 fully saturated rings. The van der Waals surface area contributed by atoms with E-state index in [0.717, 1.165) is 29.8 Å². The van der Waals surface area contributed by atoms with E-state index in [1.54, 1.807) is 24.3 Å². The minimum Gasteiger partial charge on any atom is -0.399 e. The van der Waals surface area contributed by atoms with Gasteiger partial charge in [0.1, 0.15) is 0 Å². The molecule has 0 saturated carbocycles. The predicted molar refractivity (Wildman–Crippen MR) is 96.2 cm³/mol. The maximum absolute atomic E-state index is 12.3. The molecule has 0 aliphatic heterocycles. The van der Waals surface area contributed by atoms with Crippen molar-refractivity contribution < 1.29 is 4.79 Å². The number of carbonyl (C=O) groups excluding carboxylic acids is 1. The number of benzene rings is 2. The van der Waals surface area contributed by atoms with Gasteiger partial charge in [-0.05, 0) is 61.7 Å². The largest absolute Gasteiger partial charge is 0.399 e. The molecule has 23 heavy (non-hydrogen) atoms. The van der Waals surface area contributed by atoms with Gasteiger partial charge in [-0.15, -0.1) is 0 Å². The normalized spacial score (nSPS) is 10.7. The van der Waals surface area contributed by atoms with E-state index in [0.29, 0.717) is 11.3 Å². The van der Waals surface area contributed by atoms with Crippen LogP contribution in [0.2, 0.25) is 0 Å². The smallest absolute Gasteiger partial charge is 0.255 e. The molecule has 0 saturated heterocycles. The molecule has 5 nitrogen and oxygen atoms in total. The zero-order valence-corrected chi connectivity index (χ0v) is 13.2. The van der Waals surface area contributed by atoms with Crippen molar-refractivity contribution in [2.24, 2.45) is 5.84 Å². The number of nitrogens with two attached hydrogens (primary N) is 2. The summed E-state index contributed by atoms with van der Waals surface area (Å²) in [5.41, 5.74) is 12.1. The summed E-state index contributed by atoms with van der Waals surface area (Å²) in [5, 5.41) is 2.89. The number of hydrogen-bond acceptors (Lipinski definition) is 4. The lowest BCUT2D eigenvalue weighted by molar-refractivity contribution is 0.102. The molecule has 5 heteroatoms. The monoisotopic (exact) mass is 310 g/mol. The van der Waals surface area contributed by atoms with E-state index in [9.17, 15) is 4.79 Å². The van der Waals surface area contributed by atoms with Crippen LogP contribution < -0.4 is 22.3 Å². The van der Waals surface area contributed by atoms with Crippen molar-refractivity contribution in [3.8, 4) is 0 Å². The Morgan fingerprint density at radius 2 is 2.04 bits per heavy atom. The second kappa shape index (κ2) is 8.00. The fraction of sp³-hybridized carbons (Fsp3) is 0.167. The van der Waals surface area contributed by atoms with Gasteiger partial charge in [-0.1, -0.05) is 18.2 Å². The van der Waals surface area contributed by atoms with Gasteiger partial charge in [0.25, 0.3) is 5.91 Å². The molecule has 0 aliphatic rings. The minimum atomic E-state index is -0.190. The van der Waals surface area contributed by atoms with Gasteiger partial charge >= 0.3 is 0 Å². The molecule has 0 heterocycles. The summed E-state index contributed by atoms with van der Waals surface area (Å²) >= 11 is 0. The van der Waals surface area contributed by atoms with Crippen LogP contribution in [0.4, 0.5) is 17.1 Å². The number of carbonyl (C=O) groups is 1. The summed E-state index contributed by atoms with van der Waals surface area (Å²) in [6.07, 6.45) is 5.86. The van der Waals surface area contributed by atoms with Crippen LogP contribution in [0.15, 0.2) is 54.6 Å². The molecule has 2 aromatic carbocycles. The third kappa shape index (κ3) is 4.59. The first-order valence-electron chi connectivity index (χ1n) is 7.51. The first kappa shape index (κ1) is 16.6. The van der Waals surface area contributed by atoms with Crippen molar-refractivity contribution in [2.75, 3.05) is 16.5 Å². The van der Waals surface area contributed by atoms with Crippen molar-refractivity contribution in [1.82, 2.24) is 0 Å². The van der Waals surface area contributed by atoms with E-state index in [1.807, 2.05) is 31.2 Å². The molecule has 0 unspecified atom stereocenters. The van der Waals surface area contributed by atoms with Gasteiger partial charge in [0.15, 0.2) is 0 Å². The number of allylic oxidation sites excluding steroid dienone is 2. The van der Waals surface area contributed by atoms with Crippen LogP contribution in [-0.2, 0) is 6.42 Å². The Morgan fingerprint density at radius 1 is 1.22 bits per heavy atom. The van der Waals surface area contributed by atoms with E-state index in [4.69, 9.17) is 11.6 Å². The highest BCUT2D eigenvalue weighted by molar-refractivity contribution is 6.04. The van der Waals surface area contributed by atoms with Gasteiger partial charge < -0.3 is 16.5 Å². The lowest BCUT2D eigenvalue weighted by atomic mass is 10.1. The Kier molecular flexibility index (Phi) is 5.77. The Balaban J connectivity index is 2.16. The number of nitrogen functional groups attached to an aromatic ring is 2. The van der Waals surface area contributed by atoms with Gasteiger partial charge in [-0.3, -0.25) is 10.6 Å². The van der Waals surface area contributed by atoms with E-state index in [-0.39, 0.29) is 5.91 Å². The molecule has 2 rings (SSSR count). The van der Waals surface area contributed by atoms with E-state index in [1.165, 1.54) is 0 Å². The van der Waals surface area contributed by atoms with E-state index < -0.39 is 0 Å². The Morgan fingerprint density at radius 3 is 2.74 bits per heavy atom. The highest BCUT2D eigenvalue weighted by atomic mass is 16.1. The number of rotatable bonds is 6. The topological polar surface area (TPSA) is 93.2 Å². The molecule has 0 aromatic heterocycles. The highest BCUT2D eigenvalue weighted by Gasteiger charge is 2.08. The molecule has 2 aromatic rings. The number of anilines is 3. The summed E-state index contributed by atoms with van der Waals surface area (Å²) in [5.74, 6) is 5.35. The number of nitrogens with one attached hydrogen (secondary N) is 2. The zero-order valence-electron chi connectivity index (χ0n) is 13.2. The molecule has 0 atom stereocenters. The van der Waals surface area contributed by atoms with Gasteiger partial charge in [-0.2, -0.15) is 0 Å². The second-order valence-corrected chi connectivity index (χ2v) is 5.20. The molecule has 0 radical (unpaired) electrons. The number of aryl methyl sites for hydroxylation is 1. The average molecular weight is 310 g/mol. The molecular formula is C18H22N4O. The fourth-order valence-corrected chi connectivity index (χ4v) is 2.31. The Bertz CT molecular complexity index is 710. The third-order valence-electron chi connectivity index (χ3n) is 3.48. The van der Waals surface area contributed by atoms with E-state index >= 15 is 0 Å². The molecule has 0 spiro atoms. The summed E-state index contributed by atoms with van der Waals surface area (Å²) in [4.78, 5) is 12.3. The predicted octanol–water partition coefficient (Wildman–Crippen LogP) is 3.32. The van der Waals surface area contributed by atoms with E-state index in [2.05, 4.69) is 16.8 Å².